The van der Waals surface area contributed by atoms with Crippen LogP contribution in [0.15, 0.2) is 78.9 Å². The van der Waals surface area contributed by atoms with Gasteiger partial charge in [-0.1, -0.05) is 72.3 Å². The minimum absolute atomic E-state index is 0.0414. The summed E-state index contributed by atoms with van der Waals surface area (Å²) < 4.78 is 17.7. The molecule has 3 nitrogen and oxygen atoms in total. The van der Waals surface area contributed by atoms with Crippen LogP contribution in [0.3, 0.4) is 0 Å². The summed E-state index contributed by atoms with van der Waals surface area (Å²) in [4.78, 5) is 0. The Bertz CT molecular complexity index is 917. The van der Waals surface area contributed by atoms with E-state index >= 15 is 0 Å². The standard InChI is InChI=1S/C23H24ClNO2S/c1-28(26)17-23(19-9-3-2-4-10-19)25-15-18-8-7-12-21(14-18)27-16-20-11-5-6-13-22(20)24/h2-14,23,25H,15-17H2,1H3/t23-,28+/m0/s1. The molecule has 0 unspecified atom stereocenters. The number of hydrogen-bond donors (Lipinski definition) is 1. The first-order valence-electron chi connectivity index (χ1n) is 9.15. The van der Waals surface area contributed by atoms with Gasteiger partial charge in [-0.25, -0.2) is 0 Å². The zero-order valence-electron chi connectivity index (χ0n) is 15.8. The molecule has 0 aliphatic rings. The minimum atomic E-state index is -0.885. The molecule has 3 rings (SSSR count). The topological polar surface area (TPSA) is 38.3 Å². The summed E-state index contributed by atoms with van der Waals surface area (Å²) in [6.45, 7) is 1.10. The van der Waals surface area contributed by atoms with Crippen molar-refractivity contribution in [2.45, 2.75) is 19.2 Å². The van der Waals surface area contributed by atoms with E-state index in [4.69, 9.17) is 16.3 Å². The van der Waals surface area contributed by atoms with Crippen LogP contribution in [0.1, 0.15) is 22.7 Å². The number of nitrogens with one attached hydrogen (secondary N) is 1. The second-order valence-electron chi connectivity index (χ2n) is 6.61. The van der Waals surface area contributed by atoms with Crippen molar-refractivity contribution in [3.05, 3.63) is 101 Å². The van der Waals surface area contributed by atoms with E-state index in [-0.39, 0.29) is 6.04 Å². The molecule has 0 bridgehead atoms. The summed E-state index contributed by atoms with van der Waals surface area (Å²) >= 11 is 6.19. The molecule has 3 aromatic carbocycles. The van der Waals surface area contributed by atoms with Gasteiger partial charge in [0.05, 0.1) is 0 Å². The lowest BCUT2D eigenvalue weighted by Gasteiger charge is -2.18. The van der Waals surface area contributed by atoms with Crippen LogP contribution < -0.4 is 10.1 Å². The SMILES string of the molecule is C[S@@](=O)C[C@H](NCc1cccc(OCc2ccccc2Cl)c1)c1ccccc1. The van der Waals surface area contributed by atoms with Gasteiger partial charge in [0.2, 0.25) is 0 Å². The van der Waals surface area contributed by atoms with E-state index < -0.39 is 10.8 Å². The average Bonchev–Trinajstić information content (AvgIpc) is 2.71. The second kappa shape index (κ2) is 10.4. The summed E-state index contributed by atoms with van der Waals surface area (Å²) in [5.74, 6) is 1.38. The van der Waals surface area contributed by atoms with E-state index in [1.54, 1.807) is 6.26 Å². The molecule has 0 aliphatic heterocycles. The monoisotopic (exact) mass is 413 g/mol. The fourth-order valence-corrected chi connectivity index (χ4v) is 3.93. The van der Waals surface area contributed by atoms with Crippen molar-refractivity contribution in [2.24, 2.45) is 0 Å². The predicted octanol–water partition coefficient (Wildman–Crippen LogP) is 5.13. The molecule has 28 heavy (non-hydrogen) atoms. The molecule has 0 fully saturated rings. The lowest BCUT2D eigenvalue weighted by atomic mass is 10.1. The maximum Gasteiger partial charge on any atom is 0.120 e. The van der Waals surface area contributed by atoms with Crippen LogP contribution in [0.25, 0.3) is 0 Å². The van der Waals surface area contributed by atoms with Crippen molar-refractivity contribution >= 4 is 22.4 Å². The van der Waals surface area contributed by atoms with E-state index in [0.717, 1.165) is 22.4 Å². The lowest BCUT2D eigenvalue weighted by molar-refractivity contribution is 0.306. The van der Waals surface area contributed by atoms with E-state index in [2.05, 4.69) is 23.5 Å². The fourth-order valence-electron chi connectivity index (χ4n) is 2.96. The van der Waals surface area contributed by atoms with Crippen LogP contribution >= 0.6 is 11.6 Å². The van der Waals surface area contributed by atoms with Gasteiger partial charge in [0, 0.05) is 46.0 Å². The summed E-state index contributed by atoms with van der Waals surface area (Å²) in [6.07, 6.45) is 1.74. The third kappa shape index (κ3) is 6.20. The molecule has 2 atom stereocenters. The Morgan fingerprint density at radius 3 is 2.50 bits per heavy atom. The number of hydrogen-bond acceptors (Lipinski definition) is 3. The fraction of sp³-hybridized carbons (Fsp3) is 0.217. The summed E-state index contributed by atoms with van der Waals surface area (Å²) in [6, 6.07) is 25.9. The molecule has 146 valence electrons. The number of ether oxygens (including phenoxy) is 1. The van der Waals surface area contributed by atoms with Gasteiger partial charge in [-0.15, -0.1) is 0 Å². The van der Waals surface area contributed by atoms with Gasteiger partial charge in [-0.05, 0) is 29.3 Å². The summed E-state index contributed by atoms with van der Waals surface area (Å²) in [7, 11) is -0.885. The van der Waals surface area contributed by atoms with E-state index in [0.29, 0.717) is 23.9 Å². The summed E-state index contributed by atoms with van der Waals surface area (Å²) in [5, 5.41) is 4.23. The van der Waals surface area contributed by atoms with E-state index in [9.17, 15) is 4.21 Å². The first kappa shape index (κ1) is 20.6. The third-order valence-corrected chi connectivity index (χ3v) is 5.58. The van der Waals surface area contributed by atoms with Gasteiger partial charge in [-0.3, -0.25) is 4.21 Å². The molecule has 1 N–H and O–H groups in total. The number of benzene rings is 3. The molecule has 0 aliphatic carbocycles. The third-order valence-electron chi connectivity index (χ3n) is 4.41. The minimum Gasteiger partial charge on any atom is -0.489 e. The first-order valence-corrected chi connectivity index (χ1v) is 11.3. The highest BCUT2D eigenvalue weighted by molar-refractivity contribution is 7.84. The van der Waals surface area contributed by atoms with Crippen molar-refractivity contribution in [1.82, 2.24) is 5.32 Å². The number of halogens is 1. The average molecular weight is 414 g/mol. The quantitative estimate of drug-likeness (QED) is 0.528. The zero-order chi connectivity index (χ0) is 19.8. The molecular formula is C23H24ClNO2S. The first-order chi connectivity index (χ1) is 13.6. The molecule has 3 aromatic rings. The van der Waals surface area contributed by atoms with Crippen LogP contribution in [-0.4, -0.2) is 16.2 Å². The highest BCUT2D eigenvalue weighted by atomic mass is 35.5. The zero-order valence-corrected chi connectivity index (χ0v) is 17.4. The van der Waals surface area contributed by atoms with Crippen molar-refractivity contribution in [3.8, 4) is 5.75 Å². The Morgan fingerprint density at radius 2 is 1.75 bits per heavy atom. The van der Waals surface area contributed by atoms with Crippen molar-refractivity contribution in [2.75, 3.05) is 12.0 Å². The van der Waals surface area contributed by atoms with Crippen molar-refractivity contribution < 1.29 is 8.95 Å². The van der Waals surface area contributed by atoms with Crippen molar-refractivity contribution in [1.29, 1.82) is 0 Å². The maximum absolute atomic E-state index is 11.8. The van der Waals surface area contributed by atoms with Gasteiger partial charge < -0.3 is 10.1 Å². The van der Waals surface area contributed by atoms with Crippen LogP contribution in [0.5, 0.6) is 5.75 Å². The molecular weight excluding hydrogens is 390 g/mol. The van der Waals surface area contributed by atoms with E-state index in [1.807, 2.05) is 60.7 Å². The van der Waals surface area contributed by atoms with Crippen LogP contribution in [0.4, 0.5) is 0 Å². The van der Waals surface area contributed by atoms with Crippen LogP contribution in [-0.2, 0) is 24.0 Å². The molecule has 0 saturated heterocycles. The van der Waals surface area contributed by atoms with E-state index in [1.165, 1.54) is 0 Å². The summed E-state index contributed by atoms with van der Waals surface area (Å²) in [5.41, 5.74) is 3.21. The predicted molar refractivity (Wildman–Crippen MR) is 117 cm³/mol. The molecule has 0 amide bonds. The van der Waals surface area contributed by atoms with Gasteiger partial charge >= 0.3 is 0 Å². The smallest absolute Gasteiger partial charge is 0.120 e. The van der Waals surface area contributed by atoms with Gasteiger partial charge in [0.25, 0.3) is 0 Å². The lowest BCUT2D eigenvalue weighted by Crippen LogP contribution is -2.25. The molecule has 0 spiro atoms. The Hall–Kier alpha value is -2.14. The van der Waals surface area contributed by atoms with Crippen LogP contribution in [0, 0.1) is 0 Å². The normalized spacial score (nSPS) is 13.1. The second-order valence-corrected chi connectivity index (χ2v) is 8.50. The Kier molecular flexibility index (Phi) is 7.66. The Morgan fingerprint density at radius 1 is 1.00 bits per heavy atom. The molecule has 5 heteroatoms. The maximum atomic E-state index is 11.8. The molecule has 0 saturated carbocycles. The van der Waals surface area contributed by atoms with Crippen LogP contribution in [0.2, 0.25) is 5.02 Å². The highest BCUT2D eigenvalue weighted by Gasteiger charge is 2.12. The van der Waals surface area contributed by atoms with Gasteiger partial charge in [0.15, 0.2) is 0 Å². The molecule has 0 heterocycles. The highest BCUT2D eigenvalue weighted by Crippen LogP contribution is 2.20. The number of rotatable bonds is 9. The molecule has 0 aromatic heterocycles. The van der Waals surface area contributed by atoms with Gasteiger partial charge in [-0.2, -0.15) is 0 Å². The van der Waals surface area contributed by atoms with Gasteiger partial charge in [0.1, 0.15) is 12.4 Å². The molecule has 0 radical (unpaired) electrons. The largest absolute Gasteiger partial charge is 0.489 e. The Labute approximate surface area is 174 Å². The Balaban J connectivity index is 1.63. The van der Waals surface area contributed by atoms with Crippen molar-refractivity contribution in [3.63, 3.8) is 0 Å².